The summed E-state index contributed by atoms with van der Waals surface area (Å²) in [5, 5.41) is 8.20. The number of likely N-dealkylation sites (tertiary alicyclic amines) is 2. The van der Waals surface area contributed by atoms with E-state index in [0.29, 0.717) is 31.3 Å². The smallest absolute Gasteiger partial charge is 0.227 e. The monoisotopic (exact) mass is 359 g/mol. The van der Waals surface area contributed by atoms with Crippen molar-refractivity contribution < 1.29 is 9.59 Å². The van der Waals surface area contributed by atoms with Crippen LogP contribution in [0.25, 0.3) is 0 Å². The first kappa shape index (κ1) is 17.5. The Bertz CT molecular complexity index is 659. The molecular formula is C19H29N5O2. The van der Waals surface area contributed by atoms with Crippen molar-refractivity contribution in [2.24, 2.45) is 13.0 Å². The number of aromatic nitrogens is 3. The van der Waals surface area contributed by atoms with Gasteiger partial charge in [0.05, 0.1) is 5.92 Å². The Kier molecular flexibility index (Phi) is 4.96. The van der Waals surface area contributed by atoms with Crippen molar-refractivity contribution in [2.75, 3.05) is 19.6 Å². The van der Waals surface area contributed by atoms with E-state index in [1.165, 1.54) is 12.8 Å². The summed E-state index contributed by atoms with van der Waals surface area (Å²) in [4.78, 5) is 29.4. The van der Waals surface area contributed by atoms with Gasteiger partial charge in [-0.2, -0.15) is 0 Å². The van der Waals surface area contributed by atoms with Gasteiger partial charge >= 0.3 is 0 Å². The topological polar surface area (TPSA) is 71.3 Å². The highest BCUT2D eigenvalue weighted by molar-refractivity contribution is 5.84. The van der Waals surface area contributed by atoms with Crippen LogP contribution < -0.4 is 0 Å². The maximum absolute atomic E-state index is 13.0. The zero-order valence-electron chi connectivity index (χ0n) is 15.6. The zero-order valence-corrected chi connectivity index (χ0v) is 15.6. The van der Waals surface area contributed by atoms with Gasteiger partial charge in [-0.25, -0.2) is 0 Å². The number of carbonyl (C=O) groups is 2. The predicted octanol–water partition coefficient (Wildman–Crippen LogP) is 1.70. The molecule has 0 radical (unpaired) electrons. The van der Waals surface area contributed by atoms with E-state index in [1.807, 2.05) is 21.4 Å². The summed E-state index contributed by atoms with van der Waals surface area (Å²) in [5.74, 6) is 1.89. The summed E-state index contributed by atoms with van der Waals surface area (Å²) < 4.78 is 1.98. The number of aryl methyl sites for hydroxylation is 1. The lowest BCUT2D eigenvalue weighted by Gasteiger charge is -2.39. The molecular weight excluding hydrogens is 330 g/mol. The fourth-order valence-corrected chi connectivity index (χ4v) is 4.92. The molecule has 142 valence electrons. The molecule has 3 fully saturated rings. The maximum atomic E-state index is 13.0. The van der Waals surface area contributed by atoms with Crippen LogP contribution in [0.1, 0.15) is 63.1 Å². The second-order valence-electron chi connectivity index (χ2n) is 8.12. The van der Waals surface area contributed by atoms with E-state index >= 15 is 0 Å². The van der Waals surface area contributed by atoms with Gasteiger partial charge in [-0.05, 0) is 32.1 Å². The number of carbonyl (C=O) groups excluding carboxylic acids is 2. The Labute approximate surface area is 154 Å². The number of nitrogens with zero attached hydrogens (tertiary/aromatic N) is 5. The molecule has 7 nitrogen and oxygen atoms in total. The van der Waals surface area contributed by atoms with Gasteiger partial charge in [0.15, 0.2) is 0 Å². The molecule has 1 aliphatic carbocycles. The van der Waals surface area contributed by atoms with Crippen LogP contribution in [0, 0.1) is 5.92 Å². The quantitative estimate of drug-likeness (QED) is 0.824. The minimum atomic E-state index is -0.0142. The largest absolute Gasteiger partial charge is 0.342 e. The van der Waals surface area contributed by atoms with E-state index in [9.17, 15) is 9.59 Å². The van der Waals surface area contributed by atoms with Crippen molar-refractivity contribution >= 4 is 11.8 Å². The summed E-state index contributed by atoms with van der Waals surface area (Å²) in [7, 11) is 1.98. The zero-order chi connectivity index (χ0) is 18.1. The van der Waals surface area contributed by atoms with Crippen molar-refractivity contribution in [3.05, 3.63) is 12.2 Å². The van der Waals surface area contributed by atoms with Gasteiger partial charge in [0.1, 0.15) is 12.2 Å². The van der Waals surface area contributed by atoms with Crippen LogP contribution in [-0.2, 0) is 16.6 Å². The number of rotatable bonds is 3. The van der Waals surface area contributed by atoms with E-state index < -0.39 is 0 Å². The Morgan fingerprint density at radius 3 is 2.50 bits per heavy atom. The average molecular weight is 359 g/mol. The van der Waals surface area contributed by atoms with Crippen molar-refractivity contribution in [2.45, 2.75) is 63.3 Å². The molecule has 0 aromatic carbocycles. The Morgan fingerprint density at radius 1 is 1.12 bits per heavy atom. The third-order valence-electron chi connectivity index (χ3n) is 6.48. The van der Waals surface area contributed by atoms with Crippen LogP contribution in [0.4, 0.5) is 0 Å². The fraction of sp³-hybridized carbons (Fsp3) is 0.789. The molecule has 26 heavy (non-hydrogen) atoms. The van der Waals surface area contributed by atoms with E-state index in [0.717, 1.165) is 44.6 Å². The molecule has 1 aromatic heterocycles. The number of amides is 2. The summed E-state index contributed by atoms with van der Waals surface area (Å²) >= 11 is 0. The Hall–Kier alpha value is -1.92. The highest BCUT2D eigenvalue weighted by Crippen LogP contribution is 2.31. The van der Waals surface area contributed by atoms with Gasteiger partial charge in [-0.15, -0.1) is 10.2 Å². The summed E-state index contributed by atoms with van der Waals surface area (Å²) in [6.07, 6.45) is 9.50. The molecule has 7 heteroatoms. The van der Waals surface area contributed by atoms with Gasteiger partial charge < -0.3 is 14.4 Å². The SMILES string of the molecule is Cn1cnnc1C1CCN(C(=O)C2CCC(=O)N(C3CCCC3)C2)CC1. The first-order valence-corrected chi connectivity index (χ1v) is 10.1. The second-order valence-corrected chi connectivity index (χ2v) is 8.12. The van der Waals surface area contributed by atoms with Gasteiger partial charge in [0.2, 0.25) is 11.8 Å². The van der Waals surface area contributed by atoms with Gasteiger partial charge in [-0.3, -0.25) is 9.59 Å². The maximum Gasteiger partial charge on any atom is 0.227 e. The molecule has 1 atom stereocenters. The third kappa shape index (κ3) is 3.35. The third-order valence-corrected chi connectivity index (χ3v) is 6.48. The van der Waals surface area contributed by atoms with Crippen molar-refractivity contribution in [1.82, 2.24) is 24.6 Å². The molecule has 2 amide bonds. The number of hydrogen-bond donors (Lipinski definition) is 0. The molecule has 3 heterocycles. The molecule has 0 bridgehead atoms. The average Bonchev–Trinajstić information content (AvgIpc) is 3.33. The predicted molar refractivity (Wildman–Crippen MR) is 96.3 cm³/mol. The van der Waals surface area contributed by atoms with E-state index in [1.54, 1.807) is 6.33 Å². The summed E-state index contributed by atoms with van der Waals surface area (Å²) in [6, 6.07) is 0.375. The lowest BCUT2D eigenvalue weighted by Crippen LogP contribution is -2.51. The minimum absolute atomic E-state index is 0.0142. The molecule has 4 rings (SSSR count). The first-order chi connectivity index (χ1) is 12.6. The summed E-state index contributed by atoms with van der Waals surface area (Å²) in [5.41, 5.74) is 0. The van der Waals surface area contributed by atoms with Crippen molar-refractivity contribution in [1.29, 1.82) is 0 Å². The van der Waals surface area contributed by atoms with Crippen molar-refractivity contribution in [3.8, 4) is 0 Å². The molecule has 1 unspecified atom stereocenters. The second kappa shape index (κ2) is 7.37. The standard InChI is InChI=1S/C19H29N5O2/c1-22-13-20-21-18(22)14-8-10-23(11-9-14)19(26)15-6-7-17(25)24(12-15)16-4-2-3-5-16/h13-16H,2-12H2,1H3. The van der Waals surface area contributed by atoms with Crippen LogP contribution in [0.2, 0.25) is 0 Å². The van der Waals surface area contributed by atoms with Crippen LogP contribution in [0.5, 0.6) is 0 Å². The molecule has 0 N–H and O–H groups in total. The Morgan fingerprint density at radius 2 is 1.85 bits per heavy atom. The molecule has 1 aromatic rings. The van der Waals surface area contributed by atoms with Crippen LogP contribution in [0.3, 0.4) is 0 Å². The first-order valence-electron chi connectivity index (χ1n) is 10.1. The van der Waals surface area contributed by atoms with E-state index in [-0.39, 0.29) is 17.7 Å². The normalized spacial score (nSPS) is 25.9. The lowest BCUT2D eigenvalue weighted by molar-refractivity contribution is -0.145. The molecule has 2 saturated heterocycles. The summed E-state index contributed by atoms with van der Waals surface area (Å²) in [6.45, 7) is 2.19. The number of piperidine rings is 2. The van der Waals surface area contributed by atoms with Gasteiger partial charge in [-0.1, -0.05) is 12.8 Å². The molecule has 2 aliphatic heterocycles. The van der Waals surface area contributed by atoms with Crippen LogP contribution in [-0.4, -0.2) is 62.1 Å². The lowest BCUT2D eigenvalue weighted by atomic mass is 9.91. The highest BCUT2D eigenvalue weighted by atomic mass is 16.2. The van der Waals surface area contributed by atoms with E-state index in [2.05, 4.69) is 10.2 Å². The molecule has 3 aliphatic rings. The van der Waals surface area contributed by atoms with Crippen LogP contribution >= 0.6 is 0 Å². The minimum Gasteiger partial charge on any atom is -0.342 e. The Balaban J connectivity index is 1.34. The van der Waals surface area contributed by atoms with Gasteiger partial charge in [0.25, 0.3) is 0 Å². The highest BCUT2D eigenvalue weighted by Gasteiger charge is 2.37. The van der Waals surface area contributed by atoms with E-state index in [4.69, 9.17) is 0 Å². The number of hydrogen-bond acceptors (Lipinski definition) is 4. The van der Waals surface area contributed by atoms with Crippen molar-refractivity contribution in [3.63, 3.8) is 0 Å². The fourth-order valence-electron chi connectivity index (χ4n) is 4.92. The molecule has 0 spiro atoms. The molecule has 1 saturated carbocycles. The van der Waals surface area contributed by atoms with Crippen LogP contribution in [0.15, 0.2) is 6.33 Å². The van der Waals surface area contributed by atoms with Gasteiger partial charge in [0, 0.05) is 45.1 Å².